The summed E-state index contributed by atoms with van der Waals surface area (Å²) in [5.74, 6) is 0. The molecule has 0 aromatic heterocycles. The van der Waals surface area contributed by atoms with E-state index in [1.54, 1.807) is 0 Å². The molecule has 2 heterocycles. The summed E-state index contributed by atoms with van der Waals surface area (Å²) in [6.45, 7) is 3.91. The Kier molecular flexibility index (Phi) is 5.78. The van der Waals surface area contributed by atoms with Crippen LogP contribution in [-0.4, -0.2) is 47.8 Å². The second-order valence-corrected chi connectivity index (χ2v) is 7.44. The fraction of sp³-hybridized carbons (Fsp3) is 0.455. The molecular formula is C22H26O6. The maximum absolute atomic E-state index is 10.4. The normalized spacial score (nSPS) is 31.2. The van der Waals surface area contributed by atoms with Gasteiger partial charge < -0.3 is 29.2 Å². The third kappa shape index (κ3) is 3.98. The summed E-state index contributed by atoms with van der Waals surface area (Å²) in [6.07, 6.45) is -4.00. The van der Waals surface area contributed by atoms with Crippen LogP contribution in [0.25, 0.3) is 0 Å². The molecule has 6 heteroatoms. The molecule has 2 aromatic rings. The fourth-order valence-corrected chi connectivity index (χ4v) is 3.56. The predicted octanol–water partition coefficient (Wildman–Crippen LogP) is 2.55. The van der Waals surface area contributed by atoms with Crippen molar-refractivity contribution >= 4 is 0 Å². The van der Waals surface area contributed by atoms with Crippen LogP contribution in [-0.2, 0) is 18.9 Å². The molecule has 0 amide bonds. The van der Waals surface area contributed by atoms with Crippen molar-refractivity contribution in [3.05, 3.63) is 70.8 Å². The minimum atomic E-state index is -1.08. The molecule has 2 fully saturated rings. The maximum atomic E-state index is 10.4. The van der Waals surface area contributed by atoms with Crippen LogP contribution in [0.1, 0.15) is 34.8 Å². The number of benzene rings is 2. The van der Waals surface area contributed by atoms with E-state index in [0.29, 0.717) is 6.61 Å². The van der Waals surface area contributed by atoms with E-state index in [1.807, 2.05) is 62.4 Å². The van der Waals surface area contributed by atoms with E-state index in [2.05, 4.69) is 0 Å². The van der Waals surface area contributed by atoms with Gasteiger partial charge in [0.25, 0.3) is 0 Å². The molecule has 0 unspecified atom stereocenters. The second kappa shape index (κ2) is 8.29. The zero-order valence-corrected chi connectivity index (χ0v) is 16.0. The van der Waals surface area contributed by atoms with Gasteiger partial charge in [0, 0.05) is 11.1 Å². The lowest BCUT2D eigenvalue weighted by molar-refractivity contribution is -0.373. The van der Waals surface area contributed by atoms with Crippen molar-refractivity contribution in [1.82, 2.24) is 0 Å². The summed E-state index contributed by atoms with van der Waals surface area (Å²) in [7, 11) is 0. The van der Waals surface area contributed by atoms with E-state index in [-0.39, 0.29) is 0 Å². The van der Waals surface area contributed by atoms with Gasteiger partial charge in [0.2, 0.25) is 0 Å². The van der Waals surface area contributed by atoms with Gasteiger partial charge in [-0.15, -0.1) is 0 Å². The summed E-state index contributed by atoms with van der Waals surface area (Å²) >= 11 is 0. The molecule has 6 nitrogen and oxygen atoms in total. The van der Waals surface area contributed by atoms with E-state index in [9.17, 15) is 10.2 Å². The molecule has 0 aliphatic carbocycles. The Morgan fingerprint density at radius 1 is 0.857 bits per heavy atom. The Morgan fingerprint density at radius 2 is 1.43 bits per heavy atom. The third-order valence-electron chi connectivity index (χ3n) is 5.23. The summed E-state index contributed by atoms with van der Waals surface area (Å²) < 4.78 is 24.1. The number of aliphatic hydroxyl groups is 2. The van der Waals surface area contributed by atoms with Crippen LogP contribution in [0.5, 0.6) is 0 Å². The molecule has 0 radical (unpaired) electrons. The Morgan fingerprint density at radius 3 is 2.00 bits per heavy atom. The highest BCUT2D eigenvalue weighted by Crippen LogP contribution is 2.38. The van der Waals surface area contributed by atoms with Gasteiger partial charge in [-0.1, -0.05) is 59.7 Å². The zero-order chi connectivity index (χ0) is 19.7. The van der Waals surface area contributed by atoms with Crippen LogP contribution >= 0.6 is 0 Å². The van der Waals surface area contributed by atoms with Crippen molar-refractivity contribution in [2.24, 2.45) is 0 Å². The highest BCUT2D eigenvalue weighted by Gasteiger charge is 2.48. The van der Waals surface area contributed by atoms with Crippen LogP contribution < -0.4 is 0 Å². The molecular weight excluding hydrogens is 360 g/mol. The lowest BCUT2D eigenvalue weighted by Gasteiger charge is -2.47. The standard InChI is InChI=1S/C22H26O6/c1-13-3-7-15(8-4-13)21-25-12-18-20(28-21)19(17(24)11-23)27-22(26-18)16-9-5-14(2)6-10-16/h3-10,17-24H,11-12H2,1-2H3/t17-,18-,19+,20-,21+,22-/m1/s1. The van der Waals surface area contributed by atoms with Gasteiger partial charge in [-0.3, -0.25) is 0 Å². The highest BCUT2D eigenvalue weighted by atomic mass is 16.8. The number of aryl methyl sites for hydroxylation is 2. The fourth-order valence-electron chi connectivity index (χ4n) is 3.56. The molecule has 2 aliphatic heterocycles. The summed E-state index contributed by atoms with van der Waals surface area (Å²) in [4.78, 5) is 0. The van der Waals surface area contributed by atoms with Gasteiger partial charge >= 0.3 is 0 Å². The lowest BCUT2D eigenvalue weighted by Crippen LogP contribution is -2.58. The van der Waals surface area contributed by atoms with E-state index < -0.39 is 43.6 Å². The summed E-state index contributed by atoms with van der Waals surface area (Å²) in [5, 5.41) is 19.9. The molecule has 0 saturated carbocycles. The first-order chi connectivity index (χ1) is 13.5. The molecule has 2 saturated heterocycles. The first-order valence-electron chi connectivity index (χ1n) is 9.55. The Balaban J connectivity index is 1.55. The minimum absolute atomic E-state index is 0.309. The topological polar surface area (TPSA) is 77.4 Å². The number of hydrogen-bond donors (Lipinski definition) is 2. The molecule has 2 aliphatic rings. The Hall–Kier alpha value is -1.80. The minimum Gasteiger partial charge on any atom is -0.394 e. The van der Waals surface area contributed by atoms with E-state index in [4.69, 9.17) is 18.9 Å². The molecule has 2 N–H and O–H groups in total. The van der Waals surface area contributed by atoms with Gasteiger partial charge in [-0.05, 0) is 13.8 Å². The molecule has 2 aromatic carbocycles. The Labute approximate surface area is 164 Å². The van der Waals surface area contributed by atoms with E-state index >= 15 is 0 Å². The van der Waals surface area contributed by atoms with Crippen molar-refractivity contribution in [2.75, 3.05) is 13.2 Å². The second-order valence-electron chi connectivity index (χ2n) is 7.44. The SMILES string of the molecule is Cc1ccc([C@H]2OC[C@H]3O[C@@H](c4ccc(C)cc4)O[C@@H]([C@H](O)CO)[C@@H]3O2)cc1. The number of hydrogen-bond acceptors (Lipinski definition) is 6. The van der Waals surface area contributed by atoms with Crippen molar-refractivity contribution in [2.45, 2.75) is 50.8 Å². The smallest absolute Gasteiger partial charge is 0.184 e. The molecule has 28 heavy (non-hydrogen) atoms. The molecule has 0 bridgehead atoms. The van der Waals surface area contributed by atoms with Gasteiger partial charge in [0.1, 0.15) is 24.4 Å². The van der Waals surface area contributed by atoms with Crippen molar-refractivity contribution in [1.29, 1.82) is 0 Å². The molecule has 0 spiro atoms. The number of aliphatic hydroxyl groups excluding tert-OH is 2. The average Bonchev–Trinajstić information content (AvgIpc) is 2.73. The van der Waals surface area contributed by atoms with Gasteiger partial charge in [-0.2, -0.15) is 0 Å². The van der Waals surface area contributed by atoms with Crippen LogP contribution in [0.3, 0.4) is 0 Å². The van der Waals surface area contributed by atoms with E-state index in [1.165, 1.54) is 0 Å². The summed E-state index contributed by atoms with van der Waals surface area (Å²) in [5.41, 5.74) is 4.02. The Bertz CT molecular complexity index is 773. The molecule has 6 atom stereocenters. The van der Waals surface area contributed by atoms with Crippen LogP contribution in [0.15, 0.2) is 48.5 Å². The lowest BCUT2D eigenvalue weighted by atomic mass is 9.99. The number of fused-ring (bicyclic) bond motifs is 1. The largest absolute Gasteiger partial charge is 0.394 e. The van der Waals surface area contributed by atoms with Crippen LogP contribution in [0, 0.1) is 13.8 Å². The monoisotopic (exact) mass is 386 g/mol. The number of ether oxygens (including phenoxy) is 4. The first kappa shape index (κ1) is 19.5. The van der Waals surface area contributed by atoms with Gasteiger partial charge in [0.05, 0.1) is 13.2 Å². The zero-order valence-electron chi connectivity index (χ0n) is 16.0. The van der Waals surface area contributed by atoms with Crippen molar-refractivity contribution in [3.8, 4) is 0 Å². The third-order valence-corrected chi connectivity index (χ3v) is 5.23. The first-order valence-corrected chi connectivity index (χ1v) is 9.55. The van der Waals surface area contributed by atoms with Crippen LogP contribution in [0.4, 0.5) is 0 Å². The molecule has 150 valence electrons. The molecule has 4 rings (SSSR count). The van der Waals surface area contributed by atoms with Crippen molar-refractivity contribution < 1.29 is 29.2 Å². The highest BCUT2D eigenvalue weighted by molar-refractivity contribution is 5.24. The predicted molar refractivity (Wildman–Crippen MR) is 102 cm³/mol. The average molecular weight is 386 g/mol. The maximum Gasteiger partial charge on any atom is 0.184 e. The van der Waals surface area contributed by atoms with Gasteiger partial charge in [-0.25, -0.2) is 0 Å². The quantitative estimate of drug-likeness (QED) is 0.841. The van der Waals surface area contributed by atoms with Crippen LogP contribution in [0.2, 0.25) is 0 Å². The number of rotatable bonds is 4. The van der Waals surface area contributed by atoms with Gasteiger partial charge in [0.15, 0.2) is 12.6 Å². The van der Waals surface area contributed by atoms with Crippen molar-refractivity contribution in [3.63, 3.8) is 0 Å². The summed E-state index contributed by atoms with van der Waals surface area (Å²) in [6, 6.07) is 15.7. The van der Waals surface area contributed by atoms with E-state index in [0.717, 1.165) is 22.3 Å².